The normalized spacial score (nSPS) is 11.7. The van der Waals surface area contributed by atoms with Gasteiger partial charge in [0.2, 0.25) is 11.8 Å². The van der Waals surface area contributed by atoms with Crippen molar-refractivity contribution >= 4 is 46.8 Å². The molecule has 0 bridgehead atoms. The molecule has 0 spiro atoms. The smallest absolute Gasteiger partial charge is 0.242 e. The molecule has 0 heterocycles. The van der Waals surface area contributed by atoms with Crippen LogP contribution >= 0.6 is 35.0 Å². The van der Waals surface area contributed by atoms with Gasteiger partial charge in [-0.15, -0.1) is 11.8 Å². The maximum Gasteiger partial charge on any atom is 0.242 e. The topological polar surface area (TPSA) is 49.4 Å². The minimum atomic E-state index is -0.547. The van der Waals surface area contributed by atoms with Gasteiger partial charge in [-0.3, -0.25) is 9.59 Å². The van der Waals surface area contributed by atoms with Crippen molar-refractivity contribution in [1.82, 2.24) is 10.2 Å². The fourth-order valence-electron chi connectivity index (χ4n) is 2.84. The molecule has 2 rings (SSSR count). The number of amides is 2. The Balaban J connectivity index is 2.12. The van der Waals surface area contributed by atoms with Gasteiger partial charge in [0.1, 0.15) is 6.04 Å². The number of hydrogen-bond acceptors (Lipinski definition) is 3. The van der Waals surface area contributed by atoms with Crippen LogP contribution in [0, 0.1) is 0 Å². The highest BCUT2D eigenvalue weighted by Gasteiger charge is 2.28. The Kier molecular flexibility index (Phi) is 9.16. The number of carbonyl (C=O) groups excluding carboxylic acids is 2. The molecule has 2 aromatic carbocycles. The summed E-state index contributed by atoms with van der Waals surface area (Å²) in [6.07, 6.45) is 0.519. The summed E-state index contributed by atoms with van der Waals surface area (Å²) < 4.78 is 0. The van der Waals surface area contributed by atoms with Crippen molar-refractivity contribution in [3.63, 3.8) is 0 Å². The van der Waals surface area contributed by atoms with Gasteiger partial charge in [0.15, 0.2) is 0 Å². The van der Waals surface area contributed by atoms with E-state index in [1.807, 2.05) is 49.4 Å². The molecule has 0 saturated carbocycles. The monoisotopic (exact) mass is 438 g/mol. The molecule has 0 aliphatic carbocycles. The second-order valence-electron chi connectivity index (χ2n) is 6.24. The van der Waals surface area contributed by atoms with E-state index >= 15 is 0 Å². The zero-order valence-corrected chi connectivity index (χ0v) is 18.3. The van der Waals surface area contributed by atoms with Gasteiger partial charge in [0, 0.05) is 29.4 Å². The molecule has 1 atom stereocenters. The van der Waals surface area contributed by atoms with Crippen molar-refractivity contribution < 1.29 is 9.59 Å². The highest BCUT2D eigenvalue weighted by molar-refractivity contribution is 7.99. The molecule has 1 N–H and O–H groups in total. The van der Waals surface area contributed by atoms with E-state index in [9.17, 15) is 9.59 Å². The Morgan fingerprint density at radius 1 is 1.04 bits per heavy atom. The number of nitrogens with zero attached hydrogens (tertiary/aromatic N) is 1. The summed E-state index contributed by atoms with van der Waals surface area (Å²) in [5.74, 6) is 0.595. The van der Waals surface area contributed by atoms with Crippen LogP contribution < -0.4 is 5.32 Å². The van der Waals surface area contributed by atoms with Gasteiger partial charge in [0.05, 0.1) is 5.75 Å². The molecule has 150 valence electrons. The summed E-state index contributed by atoms with van der Waals surface area (Å²) in [4.78, 5) is 27.0. The predicted octanol–water partition coefficient (Wildman–Crippen LogP) is 4.78. The van der Waals surface area contributed by atoms with Crippen LogP contribution in [-0.2, 0) is 21.9 Å². The number of halogens is 2. The van der Waals surface area contributed by atoms with Crippen LogP contribution in [0.3, 0.4) is 0 Å². The summed E-state index contributed by atoms with van der Waals surface area (Å²) >= 11 is 13.9. The maximum absolute atomic E-state index is 13.0. The molecule has 0 radical (unpaired) electrons. The lowest BCUT2D eigenvalue weighted by Gasteiger charge is -2.30. The van der Waals surface area contributed by atoms with Crippen molar-refractivity contribution in [2.45, 2.75) is 31.7 Å². The van der Waals surface area contributed by atoms with Gasteiger partial charge >= 0.3 is 0 Å². The standard InChI is InChI=1S/C21H24Cl2N2O2S/c1-3-19(21(27)24-2)25(12-15-8-4-6-10-17(15)22)20(26)14-28-13-16-9-5-7-11-18(16)23/h4-11,19H,3,12-14H2,1-2H3,(H,24,27)/t19-/m0/s1. The van der Waals surface area contributed by atoms with Crippen molar-refractivity contribution in [3.8, 4) is 0 Å². The van der Waals surface area contributed by atoms with E-state index in [0.717, 1.165) is 11.1 Å². The highest BCUT2D eigenvalue weighted by Crippen LogP contribution is 2.23. The molecule has 0 aliphatic heterocycles. The van der Waals surface area contributed by atoms with Crippen LogP contribution in [-0.4, -0.2) is 35.6 Å². The summed E-state index contributed by atoms with van der Waals surface area (Å²) in [7, 11) is 1.58. The molecule has 2 amide bonds. The van der Waals surface area contributed by atoms with Crippen molar-refractivity contribution in [2.75, 3.05) is 12.8 Å². The number of likely N-dealkylation sites (N-methyl/N-ethyl adjacent to an activating group) is 1. The Hall–Kier alpha value is -1.69. The van der Waals surface area contributed by atoms with Gasteiger partial charge in [-0.05, 0) is 29.7 Å². The zero-order chi connectivity index (χ0) is 20.5. The fourth-order valence-corrected chi connectivity index (χ4v) is 4.23. The molecule has 0 aliphatic rings. The second kappa shape index (κ2) is 11.3. The first-order valence-corrected chi connectivity index (χ1v) is 10.9. The van der Waals surface area contributed by atoms with Gasteiger partial charge in [0.25, 0.3) is 0 Å². The average Bonchev–Trinajstić information content (AvgIpc) is 2.70. The van der Waals surface area contributed by atoms with Crippen LogP contribution in [0.1, 0.15) is 24.5 Å². The number of benzene rings is 2. The van der Waals surface area contributed by atoms with Crippen molar-refractivity contribution in [3.05, 3.63) is 69.7 Å². The fraction of sp³-hybridized carbons (Fsp3) is 0.333. The molecular weight excluding hydrogens is 415 g/mol. The Morgan fingerprint density at radius 3 is 2.14 bits per heavy atom. The molecule has 7 heteroatoms. The maximum atomic E-state index is 13.0. The average molecular weight is 439 g/mol. The van der Waals surface area contributed by atoms with E-state index in [2.05, 4.69) is 5.32 Å². The third kappa shape index (κ3) is 6.16. The van der Waals surface area contributed by atoms with E-state index in [1.54, 1.807) is 18.0 Å². The lowest BCUT2D eigenvalue weighted by Crippen LogP contribution is -2.48. The third-order valence-electron chi connectivity index (χ3n) is 4.37. The van der Waals surface area contributed by atoms with Crippen LogP contribution in [0.5, 0.6) is 0 Å². The highest BCUT2D eigenvalue weighted by atomic mass is 35.5. The molecule has 0 saturated heterocycles. The van der Waals surface area contributed by atoms with Gasteiger partial charge in [-0.25, -0.2) is 0 Å². The van der Waals surface area contributed by atoms with E-state index in [-0.39, 0.29) is 24.1 Å². The third-order valence-corrected chi connectivity index (χ3v) is 6.08. The molecular formula is C21H24Cl2N2O2S. The first-order chi connectivity index (χ1) is 13.5. The number of carbonyl (C=O) groups is 2. The lowest BCUT2D eigenvalue weighted by molar-refractivity contribution is -0.139. The molecule has 2 aromatic rings. The molecule has 0 fully saturated rings. The second-order valence-corrected chi connectivity index (χ2v) is 8.04. The number of thioether (sulfide) groups is 1. The summed E-state index contributed by atoms with van der Waals surface area (Å²) in [5, 5.41) is 3.92. The quantitative estimate of drug-likeness (QED) is 0.612. The van der Waals surface area contributed by atoms with Gasteiger partial charge in [-0.1, -0.05) is 66.5 Å². The number of rotatable bonds is 9. The minimum Gasteiger partial charge on any atom is -0.357 e. The van der Waals surface area contributed by atoms with Crippen LogP contribution in [0.25, 0.3) is 0 Å². The molecule has 28 heavy (non-hydrogen) atoms. The van der Waals surface area contributed by atoms with E-state index in [1.165, 1.54) is 11.8 Å². The van der Waals surface area contributed by atoms with Crippen molar-refractivity contribution in [2.24, 2.45) is 0 Å². The van der Waals surface area contributed by atoms with Crippen LogP contribution in [0.2, 0.25) is 10.0 Å². The first kappa shape index (κ1) is 22.6. The number of nitrogens with one attached hydrogen (secondary N) is 1. The van der Waals surface area contributed by atoms with E-state index in [0.29, 0.717) is 22.2 Å². The largest absolute Gasteiger partial charge is 0.357 e. The molecule has 0 aromatic heterocycles. The minimum absolute atomic E-state index is 0.104. The lowest BCUT2D eigenvalue weighted by atomic mass is 10.1. The van der Waals surface area contributed by atoms with Crippen LogP contribution in [0.15, 0.2) is 48.5 Å². The predicted molar refractivity (Wildman–Crippen MR) is 118 cm³/mol. The number of hydrogen-bond donors (Lipinski definition) is 1. The summed E-state index contributed by atoms with van der Waals surface area (Å²) in [5.41, 5.74) is 1.80. The Labute approximate surface area is 180 Å². The summed E-state index contributed by atoms with van der Waals surface area (Å²) in [6.45, 7) is 2.18. The first-order valence-electron chi connectivity index (χ1n) is 9.03. The van der Waals surface area contributed by atoms with E-state index in [4.69, 9.17) is 23.2 Å². The van der Waals surface area contributed by atoms with Crippen LogP contribution in [0.4, 0.5) is 0 Å². The molecule has 4 nitrogen and oxygen atoms in total. The zero-order valence-electron chi connectivity index (χ0n) is 16.0. The Morgan fingerprint density at radius 2 is 1.61 bits per heavy atom. The molecule has 0 unspecified atom stereocenters. The SMILES string of the molecule is CC[C@@H](C(=O)NC)N(Cc1ccccc1Cl)C(=O)CSCc1ccccc1Cl. The van der Waals surface area contributed by atoms with Gasteiger partial charge in [-0.2, -0.15) is 0 Å². The van der Waals surface area contributed by atoms with Crippen molar-refractivity contribution in [1.29, 1.82) is 0 Å². The summed E-state index contributed by atoms with van der Waals surface area (Å²) in [6, 6.07) is 14.4. The van der Waals surface area contributed by atoms with E-state index < -0.39 is 6.04 Å². The van der Waals surface area contributed by atoms with Gasteiger partial charge < -0.3 is 10.2 Å². The Bertz CT molecular complexity index is 816.